The smallest absolute Gasteiger partial charge is 0.236 e. The minimum absolute atomic E-state index is 0.0645. The Kier molecular flexibility index (Phi) is 3.53. The fraction of sp³-hybridized carbons (Fsp3) is 0.909. The van der Waals surface area contributed by atoms with Gasteiger partial charge < -0.3 is 10.6 Å². The molecule has 0 aromatic heterocycles. The van der Waals surface area contributed by atoms with Crippen LogP contribution in [0.2, 0.25) is 0 Å². The second-order valence-corrected chi connectivity index (χ2v) is 5.10. The molecule has 0 spiro atoms. The van der Waals surface area contributed by atoms with E-state index in [2.05, 4.69) is 13.8 Å². The molecule has 1 aliphatic carbocycles. The van der Waals surface area contributed by atoms with E-state index in [1.807, 2.05) is 11.9 Å². The van der Waals surface area contributed by atoms with Crippen molar-refractivity contribution in [1.82, 2.24) is 4.90 Å². The summed E-state index contributed by atoms with van der Waals surface area (Å²) in [6.07, 6.45) is 4.66. The van der Waals surface area contributed by atoms with Gasteiger partial charge in [0.15, 0.2) is 0 Å². The van der Waals surface area contributed by atoms with Gasteiger partial charge in [0.05, 0.1) is 6.54 Å². The summed E-state index contributed by atoms with van der Waals surface area (Å²) in [6.45, 7) is 4.73. The van der Waals surface area contributed by atoms with Crippen LogP contribution in [0.5, 0.6) is 0 Å². The first-order valence-electron chi connectivity index (χ1n) is 5.42. The lowest BCUT2D eigenvalue weighted by Crippen LogP contribution is -2.43. The summed E-state index contributed by atoms with van der Waals surface area (Å²) >= 11 is 0. The zero-order valence-electron chi connectivity index (χ0n) is 9.55. The van der Waals surface area contributed by atoms with Crippen LogP contribution < -0.4 is 5.73 Å². The van der Waals surface area contributed by atoms with E-state index in [1.165, 1.54) is 12.8 Å². The van der Waals surface area contributed by atoms with Crippen LogP contribution in [0.25, 0.3) is 0 Å². The molecule has 1 fully saturated rings. The van der Waals surface area contributed by atoms with E-state index in [-0.39, 0.29) is 12.5 Å². The van der Waals surface area contributed by atoms with E-state index in [9.17, 15) is 4.79 Å². The highest BCUT2D eigenvalue weighted by molar-refractivity contribution is 5.78. The Morgan fingerprint density at radius 3 is 2.36 bits per heavy atom. The fourth-order valence-corrected chi connectivity index (χ4v) is 2.12. The molecule has 3 heteroatoms. The van der Waals surface area contributed by atoms with E-state index in [1.54, 1.807) is 0 Å². The summed E-state index contributed by atoms with van der Waals surface area (Å²) in [4.78, 5) is 13.2. The van der Waals surface area contributed by atoms with Gasteiger partial charge >= 0.3 is 0 Å². The Morgan fingerprint density at radius 2 is 1.93 bits per heavy atom. The van der Waals surface area contributed by atoms with Crippen molar-refractivity contribution >= 4 is 5.91 Å². The number of nitrogens with zero attached hydrogens (tertiary/aromatic N) is 1. The van der Waals surface area contributed by atoms with Gasteiger partial charge in [0.1, 0.15) is 0 Å². The van der Waals surface area contributed by atoms with Crippen molar-refractivity contribution in [3.63, 3.8) is 0 Å². The van der Waals surface area contributed by atoms with Gasteiger partial charge in [-0.2, -0.15) is 0 Å². The van der Waals surface area contributed by atoms with Gasteiger partial charge in [0, 0.05) is 13.1 Å². The molecule has 0 saturated heterocycles. The molecule has 0 radical (unpaired) electrons. The number of likely N-dealkylation sites (N-methyl/N-ethyl adjacent to an activating group) is 1. The first-order chi connectivity index (χ1) is 6.46. The van der Waals surface area contributed by atoms with Gasteiger partial charge in [-0.05, 0) is 31.1 Å². The van der Waals surface area contributed by atoms with E-state index < -0.39 is 0 Å². The lowest BCUT2D eigenvalue weighted by molar-refractivity contribution is -0.131. The molecule has 0 aliphatic heterocycles. The van der Waals surface area contributed by atoms with Crippen LogP contribution in [0.1, 0.15) is 39.5 Å². The van der Waals surface area contributed by atoms with Gasteiger partial charge in [-0.3, -0.25) is 4.79 Å². The molecular weight excluding hydrogens is 176 g/mol. The first-order valence-corrected chi connectivity index (χ1v) is 5.42. The van der Waals surface area contributed by atoms with E-state index in [4.69, 9.17) is 5.73 Å². The molecule has 1 rings (SSSR count). The Morgan fingerprint density at radius 1 is 1.43 bits per heavy atom. The Labute approximate surface area is 86.6 Å². The molecule has 14 heavy (non-hydrogen) atoms. The number of carbonyl (C=O) groups is 1. The number of rotatable bonds is 2. The fourth-order valence-electron chi connectivity index (χ4n) is 2.12. The Balaban J connectivity index is 2.45. The normalized spacial score (nSPS) is 22.0. The first kappa shape index (κ1) is 11.5. The van der Waals surface area contributed by atoms with Gasteiger partial charge in [-0.1, -0.05) is 13.8 Å². The highest BCUT2D eigenvalue weighted by atomic mass is 16.2. The summed E-state index contributed by atoms with van der Waals surface area (Å²) in [7, 11) is 1.87. The summed E-state index contributed by atoms with van der Waals surface area (Å²) in [5, 5.41) is 0. The second kappa shape index (κ2) is 4.30. The predicted octanol–water partition coefficient (Wildman–Crippen LogP) is 1.37. The molecule has 82 valence electrons. The number of amides is 1. The van der Waals surface area contributed by atoms with Crippen LogP contribution in [0, 0.1) is 5.41 Å². The average molecular weight is 198 g/mol. The topological polar surface area (TPSA) is 46.3 Å². The lowest BCUT2D eigenvalue weighted by atomic mass is 9.75. The molecule has 0 aromatic carbocycles. The minimum Gasteiger partial charge on any atom is -0.342 e. The monoisotopic (exact) mass is 198 g/mol. The predicted molar refractivity (Wildman–Crippen MR) is 57.9 cm³/mol. The molecule has 0 bridgehead atoms. The summed E-state index contributed by atoms with van der Waals surface area (Å²) in [5.41, 5.74) is 5.80. The number of nitrogens with two attached hydrogens (primary N) is 1. The maximum atomic E-state index is 11.4. The molecule has 3 nitrogen and oxygen atoms in total. The molecule has 2 N–H and O–H groups in total. The maximum Gasteiger partial charge on any atom is 0.236 e. The quantitative estimate of drug-likeness (QED) is 0.728. The van der Waals surface area contributed by atoms with Crippen molar-refractivity contribution in [2.45, 2.75) is 45.6 Å². The Hall–Kier alpha value is -0.570. The van der Waals surface area contributed by atoms with Crippen LogP contribution in [-0.2, 0) is 4.79 Å². The highest BCUT2D eigenvalue weighted by Crippen LogP contribution is 2.36. The largest absolute Gasteiger partial charge is 0.342 e. The van der Waals surface area contributed by atoms with Gasteiger partial charge in [-0.15, -0.1) is 0 Å². The van der Waals surface area contributed by atoms with Crippen LogP contribution in [-0.4, -0.2) is 30.4 Å². The molecule has 0 aromatic rings. The van der Waals surface area contributed by atoms with Gasteiger partial charge in [-0.25, -0.2) is 0 Å². The molecule has 0 unspecified atom stereocenters. The minimum atomic E-state index is 0.0645. The van der Waals surface area contributed by atoms with Crippen molar-refractivity contribution in [3.05, 3.63) is 0 Å². The van der Waals surface area contributed by atoms with E-state index >= 15 is 0 Å². The van der Waals surface area contributed by atoms with Gasteiger partial charge in [0.25, 0.3) is 0 Å². The third-order valence-electron chi connectivity index (χ3n) is 3.42. The van der Waals surface area contributed by atoms with Crippen LogP contribution in [0.15, 0.2) is 0 Å². The molecule has 1 amide bonds. The third kappa shape index (κ3) is 2.71. The second-order valence-electron chi connectivity index (χ2n) is 5.10. The van der Waals surface area contributed by atoms with E-state index in [0.717, 1.165) is 12.8 Å². The number of hydrogen-bond acceptors (Lipinski definition) is 2. The zero-order valence-corrected chi connectivity index (χ0v) is 9.55. The lowest BCUT2D eigenvalue weighted by Gasteiger charge is -2.38. The molecular formula is C11H22N2O. The van der Waals surface area contributed by atoms with Crippen LogP contribution >= 0.6 is 0 Å². The highest BCUT2D eigenvalue weighted by Gasteiger charge is 2.29. The summed E-state index contributed by atoms with van der Waals surface area (Å²) in [6, 6.07) is 0.416. The molecule has 1 aliphatic rings. The SMILES string of the molecule is CN(C(=O)CN)C1CCC(C)(C)CC1. The zero-order chi connectivity index (χ0) is 10.8. The third-order valence-corrected chi connectivity index (χ3v) is 3.42. The van der Waals surface area contributed by atoms with Crippen molar-refractivity contribution in [2.75, 3.05) is 13.6 Å². The van der Waals surface area contributed by atoms with Crippen LogP contribution in [0.4, 0.5) is 0 Å². The summed E-state index contributed by atoms with van der Waals surface area (Å²) < 4.78 is 0. The Bertz CT molecular complexity index is 203. The molecule has 1 saturated carbocycles. The van der Waals surface area contributed by atoms with Crippen molar-refractivity contribution in [1.29, 1.82) is 0 Å². The number of carbonyl (C=O) groups excluding carboxylic acids is 1. The van der Waals surface area contributed by atoms with Gasteiger partial charge in [0.2, 0.25) is 5.91 Å². The van der Waals surface area contributed by atoms with Crippen molar-refractivity contribution in [2.24, 2.45) is 11.1 Å². The molecule has 0 heterocycles. The van der Waals surface area contributed by atoms with Crippen molar-refractivity contribution < 1.29 is 4.79 Å². The van der Waals surface area contributed by atoms with Crippen LogP contribution in [0.3, 0.4) is 0 Å². The maximum absolute atomic E-state index is 11.4. The summed E-state index contributed by atoms with van der Waals surface area (Å²) in [5.74, 6) is 0.0645. The molecule has 0 atom stereocenters. The average Bonchev–Trinajstić information content (AvgIpc) is 2.15. The van der Waals surface area contributed by atoms with E-state index in [0.29, 0.717) is 11.5 Å². The number of hydrogen-bond donors (Lipinski definition) is 1. The standard InChI is InChI=1S/C11H22N2O/c1-11(2)6-4-9(5-7-11)13(3)10(14)8-12/h9H,4-8,12H2,1-3H3. The van der Waals surface area contributed by atoms with Crippen molar-refractivity contribution in [3.8, 4) is 0 Å².